The van der Waals surface area contributed by atoms with Crippen molar-refractivity contribution in [1.82, 2.24) is 0 Å². The highest BCUT2D eigenvalue weighted by molar-refractivity contribution is 6.06. The third-order valence-electron chi connectivity index (χ3n) is 6.18. The van der Waals surface area contributed by atoms with E-state index in [1.54, 1.807) is 11.1 Å². The van der Waals surface area contributed by atoms with Crippen molar-refractivity contribution in [3.8, 4) is 0 Å². The van der Waals surface area contributed by atoms with Crippen LogP contribution in [-0.4, -0.2) is 0 Å². The van der Waals surface area contributed by atoms with Crippen LogP contribution in [0.25, 0.3) is 32.7 Å². The molecular formula is C26H20. The van der Waals surface area contributed by atoms with Gasteiger partial charge >= 0.3 is 0 Å². The Hall–Kier alpha value is -2.86. The van der Waals surface area contributed by atoms with Crippen LogP contribution in [0.1, 0.15) is 33.4 Å². The first-order chi connectivity index (χ1) is 12.7. The van der Waals surface area contributed by atoms with Gasteiger partial charge in [-0.15, -0.1) is 0 Å². The fourth-order valence-corrected chi connectivity index (χ4v) is 4.89. The predicted molar refractivity (Wildman–Crippen MR) is 112 cm³/mol. The normalized spacial score (nSPS) is 14.8. The first kappa shape index (κ1) is 14.3. The molecule has 124 valence electrons. The summed E-state index contributed by atoms with van der Waals surface area (Å²) in [6.07, 6.45) is 2.16. The minimum absolute atomic E-state index is 1.08. The smallest absolute Gasteiger partial charge is 0.00104 e. The average molecular weight is 332 g/mol. The van der Waals surface area contributed by atoms with E-state index in [-0.39, 0.29) is 0 Å². The van der Waals surface area contributed by atoms with E-state index in [9.17, 15) is 0 Å². The van der Waals surface area contributed by atoms with Crippen LogP contribution in [0.3, 0.4) is 0 Å². The van der Waals surface area contributed by atoms with Crippen molar-refractivity contribution in [2.24, 2.45) is 0 Å². The Kier molecular flexibility index (Phi) is 2.68. The molecule has 0 heterocycles. The van der Waals surface area contributed by atoms with Gasteiger partial charge in [0.2, 0.25) is 0 Å². The van der Waals surface area contributed by atoms with Crippen molar-refractivity contribution < 1.29 is 0 Å². The van der Waals surface area contributed by atoms with Gasteiger partial charge in [0.25, 0.3) is 0 Å². The lowest BCUT2D eigenvalue weighted by Crippen LogP contribution is -1.93. The predicted octanol–water partition coefficient (Wildman–Crippen LogP) is 6.63. The molecule has 0 saturated heterocycles. The topological polar surface area (TPSA) is 0 Å². The molecule has 0 nitrogen and oxygen atoms in total. The summed E-state index contributed by atoms with van der Waals surface area (Å²) in [6.45, 7) is 4.35. The highest BCUT2D eigenvalue weighted by Crippen LogP contribution is 2.48. The van der Waals surface area contributed by atoms with Gasteiger partial charge in [0.15, 0.2) is 0 Å². The number of hydrogen-bond acceptors (Lipinski definition) is 0. The number of aryl methyl sites for hydroxylation is 2. The second-order valence-electron chi connectivity index (χ2n) is 8.03. The fourth-order valence-electron chi connectivity index (χ4n) is 4.89. The number of allylic oxidation sites excluding steroid dienone is 2. The van der Waals surface area contributed by atoms with Gasteiger partial charge in [0.05, 0.1) is 0 Å². The van der Waals surface area contributed by atoms with E-state index in [1.807, 2.05) is 0 Å². The third-order valence-corrected chi connectivity index (χ3v) is 6.18. The first-order valence-corrected chi connectivity index (χ1v) is 9.45. The van der Waals surface area contributed by atoms with Gasteiger partial charge in [-0.2, -0.15) is 0 Å². The van der Waals surface area contributed by atoms with Crippen LogP contribution in [0.2, 0.25) is 0 Å². The summed E-state index contributed by atoms with van der Waals surface area (Å²) in [6, 6.07) is 23.3. The molecule has 0 radical (unpaired) electrons. The van der Waals surface area contributed by atoms with E-state index in [1.165, 1.54) is 54.9 Å². The van der Waals surface area contributed by atoms with Crippen LogP contribution >= 0.6 is 0 Å². The van der Waals surface area contributed by atoms with E-state index >= 15 is 0 Å². The van der Waals surface area contributed by atoms with Crippen LogP contribution in [0, 0.1) is 13.8 Å². The minimum atomic E-state index is 1.08. The molecule has 0 bridgehead atoms. The third kappa shape index (κ3) is 1.90. The van der Waals surface area contributed by atoms with Crippen LogP contribution in [-0.2, 0) is 12.8 Å². The summed E-state index contributed by atoms with van der Waals surface area (Å²) in [7, 11) is 0. The van der Waals surface area contributed by atoms with Crippen molar-refractivity contribution in [3.05, 3.63) is 94.0 Å². The molecule has 0 unspecified atom stereocenters. The molecule has 0 fully saturated rings. The molecule has 0 saturated carbocycles. The highest BCUT2D eigenvalue weighted by Gasteiger charge is 2.30. The molecule has 0 aromatic heterocycles. The number of hydrogen-bond donors (Lipinski definition) is 0. The zero-order valence-corrected chi connectivity index (χ0v) is 15.2. The maximum absolute atomic E-state index is 2.43. The van der Waals surface area contributed by atoms with Gasteiger partial charge in [-0.25, -0.2) is 0 Å². The SMILES string of the molecule is Cc1ccc2cc3c(cc2c1)C1=C(C3)c2cc3cc(C)ccc3cc2C1. The van der Waals surface area contributed by atoms with Gasteiger partial charge in [0.1, 0.15) is 0 Å². The Morgan fingerprint density at radius 3 is 1.42 bits per heavy atom. The molecule has 6 rings (SSSR count). The molecular weight excluding hydrogens is 312 g/mol. The minimum Gasteiger partial charge on any atom is -0.0587 e. The van der Waals surface area contributed by atoms with Crippen molar-refractivity contribution >= 4 is 32.7 Å². The molecule has 0 aliphatic heterocycles. The average Bonchev–Trinajstić information content (AvgIpc) is 3.14. The molecule has 0 heteroatoms. The molecule has 0 amide bonds. The maximum Gasteiger partial charge on any atom is -0.00104 e. The summed E-state index contributed by atoms with van der Waals surface area (Å²) in [5.74, 6) is 0. The summed E-state index contributed by atoms with van der Waals surface area (Å²) in [5, 5.41) is 5.47. The molecule has 0 N–H and O–H groups in total. The molecule has 0 atom stereocenters. The van der Waals surface area contributed by atoms with E-state index in [2.05, 4.69) is 74.5 Å². The Morgan fingerprint density at radius 1 is 0.500 bits per heavy atom. The van der Waals surface area contributed by atoms with Gasteiger partial charge in [-0.05, 0) is 93.8 Å². The standard InChI is InChI=1S/C26H20/c1-15-3-5-17-9-21-13-26-24-12-20-8-16(2)4-6-18(20)10-22(24)14-25(26)23(21)11-19(17)7-15/h3-12H,13-14H2,1-2H3. The number of rotatable bonds is 0. The molecule has 2 aliphatic carbocycles. The highest BCUT2D eigenvalue weighted by atomic mass is 14.3. The fraction of sp³-hybridized carbons (Fsp3) is 0.154. The molecule has 0 spiro atoms. The van der Waals surface area contributed by atoms with E-state index in [0.717, 1.165) is 12.8 Å². The number of fused-ring (bicyclic) bond motifs is 6. The maximum atomic E-state index is 2.43. The zero-order valence-electron chi connectivity index (χ0n) is 15.2. The van der Waals surface area contributed by atoms with Gasteiger partial charge < -0.3 is 0 Å². The Labute approximate surface area is 153 Å². The second kappa shape index (κ2) is 4.86. The van der Waals surface area contributed by atoms with Crippen molar-refractivity contribution in [2.75, 3.05) is 0 Å². The summed E-state index contributed by atoms with van der Waals surface area (Å²) >= 11 is 0. The Morgan fingerprint density at radius 2 is 0.962 bits per heavy atom. The second-order valence-corrected chi connectivity index (χ2v) is 8.03. The van der Waals surface area contributed by atoms with Crippen LogP contribution in [0.5, 0.6) is 0 Å². The van der Waals surface area contributed by atoms with Crippen LogP contribution in [0.15, 0.2) is 60.7 Å². The van der Waals surface area contributed by atoms with Crippen molar-refractivity contribution in [2.45, 2.75) is 26.7 Å². The van der Waals surface area contributed by atoms with Gasteiger partial charge in [-0.1, -0.05) is 59.7 Å². The zero-order chi connectivity index (χ0) is 17.4. The van der Waals surface area contributed by atoms with E-state index < -0.39 is 0 Å². The van der Waals surface area contributed by atoms with E-state index in [0.29, 0.717) is 0 Å². The molecule has 4 aromatic carbocycles. The van der Waals surface area contributed by atoms with E-state index in [4.69, 9.17) is 0 Å². The van der Waals surface area contributed by atoms with Gasteiger partial charge in [-0.3, -0.25) is 0 Å². The summed E-state index contributed by atoms with van der Waals surface area (Å²) in [5.41, 5.74) is 11.8. The van der Waals surface area contributed by atoms with Gasteiger partial charge in [0, 0.05) is 0 Å². The molecule has 26 heavy (non-hydrogen) atoms. The van der Waals surface area contributed by atoms with Crippen molar-refractivity contribution in [1.29, 1.82) is 0 Å². The lowest BCUT2D eigenvalue weighted by molar-refractivity contribution is 1.27. The Bertz CT molecular complexity index is 1180. The quantitative estimate of drug-likeness (QED) is 0.339. The number of benzene rings is 4. The largest absolute Gasteiger partial charge is 0.0587 e. The molecule has 2 aliphatic rings. The van der Waals surface area contributed by atoms with Crippen molar-refractivity contribution in [3.63, 3.8) is 0 Å². The monoisotopic (exact) mass is 332 g/mol. The summed E-state index contributed by atoms with van der Waals surface area (Å²) in [4.78, 5) is 0. The van der Waals surface area contributed by atoms with Crippen LogP contribution in [0.4, 0.5) is 0 Å². The lowest BCUT2D eigenvalue weighted by Gasteiger charge is -2.11. The summed E-state index contributed by atoms with van der Waals surface area (Å²) < 4.78 is 0. The van der Waals surface area contributed by atoms with Crippen LogP contribution < -0.4 is 0 Å². The Balaban J connectivity index is 1.55. The first-order valence-electron chi connectivity index (χ1n) is 9.45. The molecule has 4 aromatic rings. The lowest BCUT2D eigenvalue weighted by atomic mass is 9.93.